The fourth-order valence-electron chi connectivity index (χ4n) is 3.60. The van der Waals surface area contributed by atoms with E-state index in [9.17, 15) is 9.18 Å². The second kappa shape index (κ2) is 7.71. The van der Waals surface area contributed by atoms with Gasteiger partial charge in [0.25, 0.3) is 5.91 Å². The third-order valence-corrected chi connectivity index (χ3v) is 6.20. The lowest BCUT2D eigenvalue weighted by molar-refractivity contribution is 0.0805. The second-order valence-corrected chi connectivity index (χ2v) is 7.86. The highest BCUT2D eigenvalue weighted by molar-refractivity contribution is 7.17. The quantitative estimate of drug-likeness (QED) is 0.803. The molecule has 4 rings (SSSR count). The minimum absolute atomic E-state index is 0.0933. The maximum atomic E-state index is 13.4. The number of carbonyl (C=O) groups is 1. The van der Waals surface area contributed by atoms with Crippen molar-refractivity contribution in [3.63, 3.8) is 0 Å². The Morgan fingerprint density at radius 1 is 1.36 bits per heavy atom. The molecule has 1 amide bonds. The molecule has 1 saturated heterocycles. The topological polar surface area (TPSA) is 74.8 Å². The number of thiazole rings is 1. The molecule has 1 aromatic heterocycles. The van der Waals surface area contributed by atoms with Crippen molar-refractivity contribution in [2.24, 2.45) is 10.7 Å². The van der Waals surface area contributed by atoms with Crippen LogP contribution in [0.4, 0.5) is 10.1 Å². The van der Waals surface area contributed by atoms with E-state index in [-0.39, 0.29) is 5.91 Å². The first-order valence-electron chi connectivity index (χ1n) is 9.25. The average Bonchev–Trinajstić information content (AvgIpc) is 3.34. The largest absolute Gasteiger partial charge is 0.403 e. The van der Waals surface area contributed by atoms with Gasteiger partial charge in [0.15, 0.2) is 0 Å². The van der Waals surface area contributed by atoms with Crippen molar-refractivity contribution in [2.75, 3.05) is 31.6 Å². The number of nitrogens with two attached hydrogens (primary N) is 1. The molecule has 6 nitrogen and oxygen atoms in total. The number of hydrogen-bond acceptors (Lipinski definition) is 6. The van der Waals surface area contributed by atoms with Crippen LogP contribution in [0.15, 0.2) is 41.2 Å². The van der Waals surface area contributed by atoms with Crippen LogP contribution in [0.3, 0.4) is 0 Å². The van der Waals surface area contributed by atoms with Gasteiger partial charge in [-0.15, -0.1) is 11.3 Å². The van der Waals surface area contributed by atoms with Crippen molar-refractivity contribution in [1.82, 2.24) is 9.88 Å². The van der Waals surface area contributed by atoms with Gasteiger partial charge in [-0.05, 0) is 30.7 Å². The minimum Gasteiger partial charge on any atom is -0.403 e. The normalized spacial score (nSPS) is 20.3. The molecule has 1 unspecified atom stereocenters. The van der Waals surface area contributed by atoms with Crippen molar-refractivity contribution in [2.45, 2.75) is 19.0 Å². The van der Waals surface area contributed by atoms with Gasteiger partial charge in [-0.25, -0.2) is 9.37 Å². The molecule has 28 heavy (non-hydrogen) atoms. The van der Waals surface area contributed by atoms with Gasteiger partial charge >= 0.3 is 0 Å². The molecular weight excluding hydrogens is 377 g/mol. The number of amides is 1. The zero-order valence-electron chi connectivity index (χ0n) is 15.6. The molecule has 0 bridgehead atoms. The molecule has 0 aliphatic carbocycles. The van der Waals surface area contributed by atoms with Crippen LogP contribution in [-0.2, 0) is 6.42 Å². The lowest BCUT2D eigenvalue weighted by atomic mass is 10.1. The second-order valence-electron chi connectivity index (χ2n) is 6.86. The molecule has 0 radical (unpaired) electrons. The van der Waals surface area contributed by atoms with Gasteiger partial charge in [-0.2, -0.15) is 0 Å². The number of halogens is 1. The maximum Gasteiger partial charge on any atom is 0.270 e. The van der Waals surface area contributed by atoms with E-state index in [1.54, 1.807) is 18.2 Å². The summed E-state index contributed by atoms with van der Waals surface area (Å²) in [5.74, 6) is -0.0933. The summed E-state index contributed by atoms with van der Waals surface area (Å²) in [4.78, 5) is 25.9. The van der Waals surface area contributed by atoms with Crippen LogP contribution in [0.1, 0.15) is 21.8 Å². The van der Waals surface area contributed by atoms with E-state index >= 15 is 0 Å². The highest BCUT2D eigenvalue weighted by Gasteiger charge is 2.30. The molecule has 1 fully saturated rings. The number of carbonyl (C=O) groups excluding carboxylic acids is 1. The fraction of sp³-hybridized carbons (Fsp3) is 0.350. The van der Waals surface area contributed by atoms with Crippen LogP contribution >= 0.6 is 11.3 Å². The van der Waals surface area contributed by atoms with Crippen molar-refractivity contribution >= 4 is 29.1 Å². The molecule has 0 spiro atoms. The van der Waals surface area contributed by atoms with Gasteiger partial charge in [0.05, 0.1) is 11.4 Å². The van der Waals surface area contributed by atoms with Crippen molar-refractivity contribution in [3.8, 4) is 10.6 Å². The van der Waals surface area contributed by atoms with Crippen LogP contribution in [0.5, 0.6) is 0 Å². The Hall–Kier alpha value is -2.74. The number of allylic oxidation sites excluding steroid dienone is 1. The number of hydrogen-bond donors (Lipinski definition) is 1. The number of fused-ring (bicyclic) bond motifs is 1. The molecule has 1 aromatic carbocycles. The summed E-state index contributed by atoms with van der Waals surface area (Å²) in [7, 11) is 1.65. The Balaban J connectivity index is 1.57. The minimum atomic E-state index is -0.746. The Labute approximate surface area is 167 Å². The SMILES string of the molecule is CN=C/C(=C\N)N1CCc2nc(-c3ccc(N4CCC(F)C4)cc3)sc2C1=O. The van der Waals surface area contributed by atoms with Crippen LogP contribution in [0.25, 0.3) is 10.6 Å². The molecule has 2 aromatic rings. The van der Waals surface area contributed by atoms with Crippen molar-refractivity contribution < 1.29 is 9.18 Å². The Morgan fingerprint density at radius 2 is 2.14 bits per heavy atom. The smallest absolute Gasteiger partial charge is 0.270 e. The number of aromatic nitrogens is 1. The molecule has 2 N–H and O–H groups in total. The lowest BCUT2D eigenvalue weighted by Gasteiger charge is -2.26. The molecule has 2 aliphatic rings. The van der Waals surface area contributed by atoms with Crippen LogP contribution < -0.4 is 10.6 Å². The standard InChI is InChI=1S/C20H22FN5OS/c1-23-11-16(10-22)26-9-7-17-18(20(26)27)28-19(24-17)13-2-4-15(5-3-13)25-8-6-14(21)12-25/h2-5,10-11,14H,6-9,12,22H2,1H3/b16-10+,23-11?. The van der Waals surface area contributed by atoms with Gasteiger partial charge in [0.2, 0.25) is 0 Å². The van der Waals surface area contributed by atoms with E-state index in [0.29, 0.717) is 36.5 Å². The van der Waals surface area contributed by atoms with Gasteiger partial charge in [0.1, 0.15) is 16.1 Å². The third-order valence-electron chi connectivity index (χ3n) is 5.06. The van der Waals surface area contributed by atoms with E-state index in [4.69, 9.17) is 5.73 Å². The first-order chi connectivity index (χ1) is 13.6. The van der Waals surface area contributed by atoms with Crippen molar-refractivity contribution in [1.29, 1.82) is 0 Å². The molecule has 8 heteroatoms. The highest BCUT2D eigenvalue weighted by atomic mass is 32.1. The number of anilines is 1. The average molecular weight is 399 g/mol. The lowest BCUT2D eigenvalue weighted by Crippen LogP contribution is -2.37. The summed E-state index contributed by atoms with van der Waals surface area (Å²) in [6.07, 6.45) is 3.50. The number of nitrogens with zero attached hydrogens (tertiary/aromatic N) is 4. The number of benzene rings is 1. The van der Waals surface area contributed by atoms with E-state index in [2.05, 4.69) is 14.9 Å². The fourth-order valence-corrected chi connectivity index (χ4v) is 4.67. The van der Waals surface area contributed by atoms with Crippen LogP contribution in [0.2, 0.25) is 0 Å². The van der Waals surface area contributed by atoms with Crippen LogP contribution in [-0.4, -0.2) is 54.9 Å². The zero-order chi connectivity index (χ0) is 19.7. The van der Waals surface area contributed by atoms with Gasteiger partial charge in [0, 0.05) is 56.8 Å². The molecule has 2 aliphatic heterocycles. The predicted octanol–water partition coefficient (Wildman–Crippen LogP) is 2.86. The summed E-state index contributed by atoms with van der Waals surface area (Å²) in [6.45, 7) is 1.73. The molecule has 3 heterocycles. The maximum absolute atomic E-state index is 13.4. The summed E-state index contributed by atoms with van der Waals surface area (Å²) in [5.41, 5.74) is 9.06. The highest BCUT2D eigenvalue weighted by Crippen LogP contribution is 2.33. The Bertz CT molecular complexity index is 937. The van der Waals surface area contributed by atoms with Gasteiger partial charge < -0.3 is 15.5 Å². The van der Waals surface area contributed by atoms with E-state index in [0.717, 1.165) is 28.5 Å². The molecule has 1 atom stereocenters. The Morgan fingerprint density at radius 3 is 2.79 bits per heavy atom. The summed E-state index contributed by atoms with van der Waals surface area (Å²) in [6, 6.07) is 7.97. The number of aliphatic imine (C=N–C) groups is 1. The van der Waals surface area contributed by atoms with E-state index in [1.165, 1.54) is 17.5 Å². The number of alkyl halides is 1. The predicted molar refractivity (Wildman–Crippen MR) is 111 cm³/mol. The summed E-state index contributed by atoms with van der Waals surface area (Å²) in [5, 5.41) is 0.818. The molecule has 0 saturated carbocycles. The first kappa shape index (κ1) is 18.6. The van der Waals surface area contributed by atoms with E-state index in [1.807, 2.05) is 24.3 Å². The van der Waals surface area contributed by atoms with E-state index < -0.39 is 6.17 Å². The molecular formula is C20H22FN5OS. The Kier molecular flexibility index (Phi) is 5.13. The van der Waals surface area contributed by atoms with Gasteiger partial charge in [-0.1, -0.05) is 0 Å². The van der Waals surface area contributed by atoms with Gasteiger partial charge in [-0.3, -0.25) is 9.79 Å². The van der Waals surface area contributed by atoms with Crippen LogP contribution in [0, 0.1) is 0 Å². The third kappa shape index (κ3) is 3.40. The van der Waals surface area contributed by atoms with Crippen molar-refractivity contribution in [3.05, 3.63) is 46.7 Å². The first-order valence-corrected chi connectivity index (χ1v) is 10.1. The monoisotopic (exact) mass is 399 g/mol. The summed E-state index contributed by atoms with van der Waals surface area (Å²) >= 11 is 1.40. The number of rotatable bonds is 4. The zero-order valence-corrected chi connectivity index (χ0v) is 16.5. The summed E-state index contributed by atoms with van der Waals surface area (Å²) < 4.78 is 13.4. The molecule has 146 valence electrons.